The van der Waals surface area contributed by atoms with Crippen LogP contribution in [0, 0.1) is 5.92 Å². The first-order valence-corrected chi connectivity index (χ1v) is 6.29. The minimum Gasteiger partial charge on any atom is -0.316 e. The highest BCUT2D eigenvalue weighted by Crippen LogP contribution is 2.27. The van der Waals surface area contributed by atoms with Gasteiger partial charge in [0.15, 0.2) is 0 Å². The lowest BCUT2D eigenvalue weighted by Gasteiger charge is -2.03. The zero-order valence-electron chi connectivity index (χ0n) is 9.60. The molecule has 0 aliphatic heterocycles. The van der Waals surface area contributed by atoms with Crippen LogP contribution in [0.4, 0.5) is 0 Å². The number of nitrogens with one attached hydrogen (secondary N) is 1. The largest absolute Gasteiger partial charge is 0.316 e. The molecular weight excluding hydrogens is 170 g/mol. The highest BCUT2D eigenvalue weighted by Gasteiger charge is 2.12. The van der Waals surface area contributed by atoms with Crippen molar-refractivity contribution in [1.29, 1.82) is 0 Å². The van der Waals surface area contributed by atoms with Crippen molar-refractivity contribution in [3.05, 3.63) is 12.2 Å². The Balaban J connectivity index is 1.87. The summed E-state index contributed by atoms with van der Waals surface area (Å²) >= 11 is 0. The van der Waals surface area contributed by atoms with E-state index in [0.29, 0.717) is 0 Å². The molecule has 1 fully saturated rings. The molecule has 0 aromatic heterocycles. The molecule has 1 N–H and O–H groups in total. The SMILES string of the molecule is CCCNCCC=CCC1CCCC1. The van der Waals surface area contributed by atoms with Gasteiger partial charge in [-0.25, -0.2) is 0 Å². The fourth-order valence-electron chi connectivity index (χ4n) is 2.14. The van der Waals surface area contributed by atoms with Crippen LogP contribution in [0.5, 0.6) is 0 Å². The lowest BCUT2D eigenvalue weighted by molar-refractivity contribution is 0.557. The van der Waals surface area contributed by atoms with Crippen LogP contribution in [0.3, 0.4) is 0 Å². The molecule has 0 atom stereocenters. The maximum atomic E-state index is 3.41. The van der Waals surface area contributed by atoms with E-state index in [-0.39, 0.29) is 0 Å². The Labute approximate surface area is 89.0 Å². The fraction of sp³-hybridized carbons (Fsp3) is 0.846. The molecule has 0 amide bonds. The van der Waals surface area contributed by atoms with Crippen LogP contribution in [0.25, 0.3) is 0 Å². The van der Waals surface area contributed by atoms with Crippen molar-refractivity contribution in [3.63, 3.8) is 0 Å². The van der Waals surface area contributed by atoms with Crippen molar-refractivity contribution in [3.8, 4) is 0 Å². The van der Waals surface area contributed by atoms with Crippen LogP contribution in [-0.2, 0) is 0 Å². The standard InChI is InChI=1S/C13H25N/c1-2-11-14-12-7-3-4-8-13-9-5-6-10-13/h3-4,13-14H,2,5-12H2,1H3. The van der Waals surface area contributed by atoms with Gasteiger partial charge < -0.3 is 5.32 Å². The molecule has 82 valence electrons. The van der Waals surface area contributed by atoms with Crippen LogP contribution >= 0.6 is 0 Å². The molecule has 1 aliphatic rings. The van der Waals surface area contributed by atoms with Gasteiger partial charge in [0, 0.05) is 0 Å². The Bertz CT molecular complexity index is 145. The maximum Gasteiger partial charge on any atom is -0.00143 e. The van der Waals surface area contributed by atoms with E-state index >= 15 is 0 Å². The predicted molar refractivity (Wildman–Crippen MR) is 63.5 cm³/mol. The van der Waals surface area contributed by atoms with Crippen LogP contribution in [0.15, 0.2) is 12.2 Å². The normalized spacial score (nSPS) is 18.4. The van der Waals surface area contributed by atoms with E-state index in [1.54, 1.807) is 0 Å². The lowest BCUT2D eigenvalue weighted by atomic mass is 10.0. The molecule has 1 rings (SSSR count). The second-order valence-electron chi connectivity index (χ2n) is 4.40. The highest BCUT2D eigenvalue weighted by atomic mass is 14.8. The number of allylic oxidation sites excluding steroid dienone is 1. The van der Waals surface area contributed by atoms with Crippen molar-refractivity contribution in [1.82, 2.24) is 5.32 Å². The maximum absolute atomic E-state index is 3.41. The molecule has 14 heavy (non-hydrogen) atoms. The van der Waals surface area contributed by atoms with Gasteiger partial charge in [0.25, 0.3) is 0 Å². The molecule has 0 heterocycles. The molecule has 0 aromatic carbocycles. The van der Waals surface area contributed by atoms with Crippen LogP contribution in [-0.4, -0.2) is 13.1 Å². The van der Waals surface area contributed by atoms with Crippen LogP contribution in [0.1, 0.15) is 51.9 Å². The van der Waals surface area contributed by atoms with Gasteiger partial charge in [-0.2, -0.15) is 0 Å². The molecule has 1 aliphatic carbocycles. The Hall–Kier alpha value is -0.300. The van der Waals surface area contributed by atoms with Gasteiger partial charge in [0.1, 0.15) is 0 Å². The molecule has 0 saturated heterocycles. The van der Waals surface area contributed by atoms with E-state index < -0.39 is 0 Å². The Morgan fingerprint density at radius 1 is 1.14 bits per heavy atom. The summed E-state index contributed by atoms with van der Waals surface area (Å²) in [5.74, 6) is 1.01. The second-order valence-corrected chi connectivity index (χ2v) is 4.40. The molecule has 0 radical (unpaired) electrons. The highest BCUT2D eigenvalue weighted by molar-refractivity contribution is 4.85. The van der Waals surface area contributed by atoms with E-state index in [1.807, 2.05) is 0 Å². The van der Waals surface area contributed by atoms with Crippen LogP contribution < -0.4 is 5.32 Å². The first-order chi connectivity index (χ1) is 6.93. The van der Waals surface area contributed by atoms with Gasteiger partial charge in [-0.1, -0.05) is 44.8 Å². The molecular formula is C13H25N. The topological polar surface area (TPSA) is 12.0 Å². The quantitative estimate of drug-likeness (QED) is 0.484. The van der Waals surface area contributed by atoms with Gasteiger partial charge in [0.2, 0.25) is 0 Å². The summed E-state index contributed by atoms with van der Waals surface area (Å²) in [6.45, 7) is 4.52. The van der Waals surface area contributed by atoms with E-state index in [2.05, 4.69) is 24.4 Å². The van der Waals surface area contributed by atoms with Crippen LogP contribution in [0.2, 0.25) is 0 Å². The summed E-state index contributed by atoms with van der Waals surface area (Å²) in [5, 5.41) is 3.41. The minimum absolute atomic E-state index is 1.01. The number of hydrogen-bond acceptors (Lipinski definition) is 1. The third-order valence-electron chi connectivity index (χ3n) is 3.03. The summed E-state index contributed by atoms with van der Waals surface area (Å²) in [6.07, 6.45) is 14.4. The Morgan fingerprint density at radius 2 is 1.93 bits per heavy atom. The van der Waals surface area contributed by atoms with E-state index in [0.717, 1.165) is 19.0 Å². The number of hydrogen-bond donors (Lipinski definition) is 1. The van der Waals surface area contributed by atoms with Gasteiger partial charge in [0.05, 0.1) is 0 Å². The number of rotatable bonds is 7. The molecule has 1 nitrogen and oxygen atoms in total. The third-order valence-corrected chi connectivity index (χ3v) is 3.03. The van der Waals surface area contributed by atoms with Crippen molar-refractivity contribution in [2.24, 2.45) is 5.92 Å². The third kappa shape index (κ3) is 5.43. The second kappa shape index (κ2) is 8.05. The van der Waals surface area contributed by atoms with E-state index in [4.69, 9.17) is 0 Å². The zero-order chi connectivity index (χ0) is 10.1. The summed E-state index contributed by atoms with van der Waals surface area (Å²) in [4.78, 5) is 0. The average molecular weight is 195 g/mol. The first-order valence-electron chi connectivity index (χ1n) is 6.29. The van der Waals surface area contributed by atoms with E-state index in [9.17, 15) is 0 Å². The fourth-order valence-corrected chi connectivity index (χ4v) is 2.14. The summed E-state index contributed by atoms with van der Waals surface area (Å²) in [6, 6.07) is 0. The smallest absolute Gasteiger partial charge is 0.00143 e. The molecule has 0 spiro atoms. The summed E-state index contributed by atoms with van der Waals surface area (Å²) in [7, 11) is 0. The van der Waals surface area contributed by atoms with E-state index in [1.165, 1.54) is 44.9 Å². The summed E-state index contributed by atoms with van der Waals surface area (Å²) < 4.78 is 0. The molecule has 0 unspecified atom stereocenters. The molecule has 1 heteroatoms. The van der Waals surface area contributed by atoms with Crippen molar-refractivity contribution < 1.29 is 0 Å². The molecule has 0 aromatic rings. The minimum atomic E-state index is 1.01. The molecule has 1 saturated carbocycles. The monoisotopic (exact) mass is 195 g/mol. The van der Waals surface area contributed by atoms with Gasteiger partial charge in [-0.3, -0.25) is 0 Å². The summed E-state index contributed by atoms with van der Waals surface area (Å²) in [5.41, 5.74) is 0. The zero-order valence-corrected chi connectivity index (χ0v) is 9.60. The van der Waals surface area contributed by atoms with Gasteiger partial charge in [-0.15, -0.1) is 0 Å². The average Bonchev–Trinajstić information content (AvgIpc) is 2.69. The molecule has 0 bridgehead atoms. The van der Waals surface area contributed by atoms with Crippen molar-refractivity contribution >= 4 is 0 Å². The van der Waals surface area contributed by atoms with Crippen molar-refractivity contribution in [2.75, 3.05) is 13.1 Å². The Morgan fingerprint density at radius 3 is 2.64 bits per heavy atom. The first kappa shape index (κ1) is 11.8. The van der Waals surface area contributed by atoms with Crippen molar-refractivity contribution in [2.45, 2.75) is 51.9 Å². The lowest BCUT2D eigenvalue weighted by Crippen LogP contribution is -2.15. The van der Waals surface area contributed by atoms with Gasteiger partial charge >= 0.3 is 0 Å². The Kier molecular flexibility index (Phi) is 6.77. The van der Waals surface area contributed by atoms with Gasteiger partial charge in [-0.05, 0) is 38.3 Å². The predicted octanol–water partition coefficient (Wildman–Crippen LogP) is 3.51.